The van der Waals surface area contributed by atoms with E-state index >= 15 is 0 Å². The van der Waals surface area contributed by atoms with Crippen LogP contribution in [0.25, 0.3) is 0 Å². The van der Waals surface area contributed by atoms with Gasteiger partial charge in [0.15, 0.2) is 0 Å². The Bertz CT molecular complexity index is 454. The second-order valence-electron chi connectivity index (χ2n) is 3.95. The summed E-state index contributed by atoms with van der Waals surface area (Å²) < 4.78 is 17.9. The summed E-state index contributed by atoms with van der Waals surface area (Å²) in [6.07, 6.45) is -0.884. The molecule has 1 rings (SSSR count). The molecule has 0 saturated heterocycles. The van der Waals surface area contributed by atoms with Gasteiger partial charge in [-0.3, -0.25) is 4.79 Å². The maximum Gasteiger partial charge on any atom is 0.348 e. The van der Waals surface area contributed by atoms with Crippen LogP contribution in [-0.4, -0.2) is 25.0 Å². The Kier molecular flexibility index (Phi) is 5.01. The molecular formula is C14H17FO3. The van der Waals surface area contributed by atoms with Crippen LogP contribution in [0.5, 0.6) is 0 Å². The van der Waals surface area contributed by atoms with Crippen LogP contribution in [-0.2, 0) is 22.4 Å². The number of Topliss-reactive ketones (excluding diaryl/α,β-unsaturated/α-hetero) is 1. The van der Waals surface area contributed by atoms with Crippen LogP contribution in [0, 0.1) is 0 Å². The van der Waals surface area contributed by atoms with Gasteiger partial charge in [0.25, 0.3) is 6.17 Å². The SMILES string of the molecule is CCc1ccc(CC)c(C(=O)C(F)C(=O)OC)c1. The summed E-state index contributed by atoms with van der Waals surface area (Å²) in [5.74, 6) is -1.97. The number of ether oxygens (including phenoxy) is 1. The normalized spacial score (nSPS) is 12.0. The summed E-state index contributed by atoms with van der Waals surface area (Å²) in [5.41, 5.74) is 1.95. The van der Waals surface area contributed by atoms with Crippen molar-refractivity contribution in [1.82, 2.24) is 0 Å². The molecule has 0 radical (unpaired) electrons. The molecule has 1 unspecified atom stereocenters. The van der Waals surface area contributed by atoms with Gasteiger partial charge in [-0.2, -0.15) is 0 Å². The highest BCUT2D eigenvalue weighted by molar-refractivity contribution is 6.11. The Morgan fingerprint density at radius 2 is 1.94 bits per heavy atom. The lowest BCUT2D eigenvalue weighted by Gasteiger charge is -2.11. The van der Waals surface area contributed by atoms with E-state index in [0.717, 1.165) is 24.7 Å². The standard InChI is InChI=1S/C14H17FO3/c1-4-9-6-7-10(5-2)11(8-9)13(16)12(15)14(17)18-3/h6-8,12H,4-5H2,1-3H3. The molecule has 0 fully saturated rings. The van der Waals surface area contributed by atoms with Crippen molar-refractivity contribution in [2.24, 2.45) is 0 Å². The topological polar surface area (TPSA) is 43.4 Å². The van der Waals surface area contributed by atoms with Crippen molar-refractivity contribution in [2.75, 3.05) is 7.11 Å². The fourth-order valence-electron chi connectivity index (χ4n) is 1.73. The van der Waals surface area contributed by atoms with Gasteiger partial charge in [-0.05, 0) is 30.0 Å². The molecule has 0 spiro atoms. The first-order valence-corrected chi connectivity index (χ1v) is 5.93. The fraction of sp³-hybridized carbons (Fsp3) is 0.429. The molecule has 0 aliphatic carbocycles. The predicted octanol–water partition coefficient (Wildman–Crippen LogP) is 2.51. The highest BCUT2D eigenvalue weighted by Gasteiger charge is 2.29. The lowest BCUT2D eigenvalue weighted by molar-refractivity contribution is -0.144. The maximum atomic E-state index is 13.6. The average Bonchev–Trinajstić information content (AvgIpc) is 2.43. The second-order valence-corrected chi connectivity index (χ2v) is 3.95. The Morgan fingerprint density at radius 3 is 2.44 bits per heavy atom. The van der Waals surface area contributed by atoms with Crippen LogP contribution in [0.4, 0.5) is 4.39 Å². The highest BCUT2D eigenvalue weighted by Crippen LogP contribution is 2.17. The van der Waals surface area contributed by atoms with E-state index in [1.807, 2.05) is 19.9 Å². The summed E-state index contributed by atoms with van der Waals surface area (Å²) >= 11 is 0. The Balaban J connectivity index is 3.13. The molecular weight excluding hydrogens is 235 g/mol. The van der Waals surface area contributed by atoms with Crippen LogP contribution in [0.2, 0.25) is 0 Å². The van der Waals surface area contributed by atoms with Gasteiger partial charge in [-0.25, -0.2) is 9.18 Å². The number of hydrogen-bond acceptors (Lipinski definition) is 3. The van der Waals surface area contributed by atoms with Crippen molar-refractivity contribution in [3.63, 3.8) is 0 Å². The van der Waals surface area contributed by atoms with Crippen molar-refractivity contribution >= 4 is 11.8 Å². The highest BCUT2D eigenvalue weighted by atomic mass is 19.1. The molecule has 0 aliphatic heterocycles. The molecule has 1 aromatic rings. The van der Waals surface area contributed by atoms with Crippen LogP contribution in [0.1, 0.15) is 35.3 Å². The number of benzene rings is 1. The molecule has 0 amide bonds. The van der Waals surface area contributed by atoms with E-state index in [2.05, 4.69) is 4.74 Å². The second kappa shape index (κ2) is 6.28. The fourth-order valence-corrected chi connectivity index (χ4v) is 1.73. The molecule has 4 heteroatoms. The Hall–Kier alpha value is -1.71. The van der Waals surface area contributed by atoms with Gasteiger partial charge < -0.3 is 4.74 Å². The van der Waals surface area contributed by atoms with E-state index in [1.54, 1.807) is 12.1 Å². The van der Waals surface area contributed by atoms with Gasteiger partial charge >= 0.3 is 5.97 Å². The van der Waals surface area contributed by atoms with E-state index in [4.69, 9.17) is 0 Å². The number of esters is 1. The van der Waals surface area contributed by atoms with E-state index in [9.17, 15) is 14.0 Å². The third-order valence-corrected chi connectivity index (χ3v) is 2.87. The minimum Gasteiger partial charge on any atom is -0.467 e. The smallest absolute Gasteiger partial charge is 0.348 e. The first kappa shape index (κ1) is 14.4. The number of halogens is 1. The van der Waals surface area contributed by atoms with Crippen LogP contribution >= 0.6 is 0 Å². The number of rotatable bonds is 5. The molecule has 98 valence electrons. The largest absolute Gasteiger partial charge is 0.467 e. The monoisotopic (exact) mass is 252 g/mol. The first-order valence-electron chi connectivity index (χ1n) is 5.93. The number of aryl methyl sites for hydroxylation is 2. The zero-order valence-electron chi connectivity index (χ0n) is 10.8. The van der Waals surface area contributed by atoms with Crippen LogP contribution in [0.3, 0.4) is 0 Å². The summed E-state index contributed by atoms with van der Waals surface area (Å²) in [6.45, 7) is 3.82. The quantitative estimate of drug-likeness (QED) is 0.459. The minimum atomic E-state index is -2.24. The van der Waals surface area contributed by atoms with Crippen molar-refractivity contribution in [1.29, 1.82) is 0 Å². The lowest BCUT2D eigenvalue weighted by Crippen LogP contribution is -2.27. The zero-order valence-corrected chi connectivity index (χ0v) is 10.8. The van der Waals surface area contributed by atoms with Gasteiger partial charge in [0.2, 0.25) is 5.78 Å². The summed E-state index contributed by atoms with van der Waals surface area (Å²) in [5, 5.41) is 0. The number of carbonyl (C=O) groups excluding carboxylic acids is 2. The average molecular weight is 252 g/mol. The number of carbonyl (C=O) groups is 2. The number of ketones is 1. The van der Waals surface area contributed by atoms with Crippen molar-refractivity contribution < 1.29 is 18.7 Å². The molecule has 0 N–H and O–H groups in total. The van der Waals surface area contributed by atoms with Crippen molar-refractivity contribution in [2.45, 2.75) is 32.9 Å². The van der Waals surface area contributed by atoms with Crippen LogP contribution in [0.15, 0.2) is 18.2 Å². The van der Waals surface area contributed by atoms with E-state index in [1.165, 1.54) is 0 Å². The van der Waals surface area contributed by atoms with Crippen molar-refractivity contribution in [3.8, 4) is 0 Å². The van der Waals surface area contributed by atoms with Gasteiger partial charge in [-0.1, -0.05) is 26.0 Å². The molecule has 0 saturated carbocycles. The molecule has 18 heavy (non-hydrogen) atoms. The molecule has 0 aromatic heterocycles. The van der Waals surface area contributed by atoms with E-state index in [-0.39, 0.29) is 5.56 Å². The first-order chi connectivity index (χ1) is 8.54. The molecule has 0 bridgehead atoms. The Morgan fingerprint density at radius 1 is 1.28 bits per heavy atom. The number of hydrogen-bond donors (Lipinski definition) is 0. The summed E-state index contributed by atoms with van der Waals surface area (Å²) in [7, 11) is 1.06. The van der Waals surface area contributed by atoms with Gasteiger partial charge in [-0.15, -0.1) is 0 Å². The third kappa shape index (κ3) is 2.94. The molecule has 3 nitrogen and oxygen atoms in total. The zero-order chi connectivity index (χ0) is 13.7. The maximum absolute atomic E-state index is 13.6. The van der Waals surface area contributed by atoms with Gasteiger partial charge in [0.05, 0.1) is 7.11 Å². The molecule has 1 atom stereocenters. The van der Waals surface area contributed by atoms with E-state index < -0.39 is 17.9 Å². The van der Waals surface area contributed by atoms with Gasteiger partial charge in [0.1, 0.15) is 0 Å². The number of methoxy groups -OCH3 is 1. The molecule has 0 heterocycles. The molecule has 1 aromatic carbocycles. The summed E-state index contributed by atoms with van der Waals surface area (Å²) in [4.78, 5) is 23.0. The third-order valence-electron chi connectivity index (χ3n) is 2.87. The van der Waals surface area contributed by atoms with Gasteiger partial charge in [0, 0.05) is 5.56 Å². The predicted molar refractivity (Wildman–Crippen MR) is 66.4 cm³/mol. The lowest BCUT2D eigenvalue weighted by atomic mass is 9.96. The number of alkyl halides is 1. The van der Waals surface area contributed by atoms with Crippen LogP contribution < -0.4 is 0 Å². The summed E-state index contributed by atoms with van der Waals surface area (Å²) in [6, 6.07) is 5.35. The minimum absolute atomic E-state index is 0.273. The van der Waals surface area contributed by atoms with E-state index in [0.29, 0.717) is 6.42 Å². The van der Waals surface area contributed by atoms with Crippen molar-refractivity contribution in [3.05, 3.63) is 34.9 Å². The Labute approximate surface area is 106 Å². The molecule has 0 aliphatic rings.